The molecule has 1 aromatic carbocycles. The van der Waals surface area contributed by atoms with Gasteiger partial charge in [-0.25, -0.2) is 9.67 Å². The maximum atomic E-state index is 5.82. The highest BCUT2D eigenvalue weighted by molar-refractivity contribution is 6.29. The topological polar surface area (TPSA) is 73.4 Å². The van der Waals surface area contributed by atoms with Crippen LogP contribution in [0.1, 0.15) is 5.56 Å². The van der Waals surface area contributed by atoms with Crippen molar-refractivity contribution in [2.45, 2.75) is 6.92 Å². The summed E-state index contributed by atoms with van der Waals surface area (Å²) in [7, 11) is 5.82. The van der Waals surface area contributed by atoms with Crippen molar-refractivity contribution in [2.75, 3.05) is 31.2 Å². The largest absolute Gasteiger partial charge is 0.378 e. The number of nitrogens with zero attached hydrogens (tertiary/aromatic N) is 7. The third-order valence-electron chi connectivity index (χ3n) is 4.77. The molecule has 138 valence electrons. The summed E-state index contributed by atoms with van der Waals surface area (Å²) in [6.07, 6.45) is 1.90. The number of benzene rings is 1. The molecule has 0 spiro atoms. The van der Waals surface area contributed by atoms with E-state index in [0.717, 1.165) is 30.2 Å². The normalized spacial score (nSPS) is 14.7. The number of rotatable bonds is 3. The number of ether oxygens (including phenoxy) is 1. The summed E-state index contributed by atoms with van der Waals surface area (Å²) in [5, 5.41) is 9.01. The number of fused-ring (bicyclic) bond motifs is 1. The van der Waals surface area contributed by atoms with E-state index in [1.807, 2.05) is 24.4 Å². The van der Waals surface area contributed by atoms with Crippen molar-refractivity contribution < 1.29 is 4.74 Å². The van der Waals surface area contributed by atoms with Gasteiger partial charge in [-0.1, -0.05) is 23.8 Å². The van der Waals surface area contributed by atoms with Gasteiger partial charge >= 0.3 is 0 Å². The monoisotopic (exact) mass is 371 g/mol. The lowest BCUT2D eigenvalue weighted by Gasteiger charge is -2.28. The molecule has 0 atom stereocenters. The van der Waals surface area contributed by atoms with Gasteiger partial charge in [0, 0.05) is 30.9 Å². The van der Waals surface area contributed by atoms with Gasteiger partial charge in [0.05, 0.1) is 24.6 Å². The maximum Gasteiger partial charge on any atom is 0.255 e. The first-order valence-electron chi connectivity index (χ1n) is 9.16. The molecule has 0 N–H and O–H groups in total. The van der Waals surface area contributed by atoms with Crippen molar-refractivity contribution in [2.24, 2.45) is 0 Å². The number of anilines is 1. The Morgan fingerprint density at radius 3 is 2.71 bits per heavy atom. The van der Waals surface area contributed by atoms with E-state index < -0.39 is 0 Å². The molecule has 1 saturated heterocycles. The molecule has 0 aliphatic carbocycles. The Kier molecular flexibility index (Phi) is 4.09. The van der Waals surface area contributed by atoms with Gasteiger partial charge in [0.1, 0.15) is 5.82 Å². The zero-order chi connectivity index (χ0) is 19.1. The summed E-state index contributed by atoms with van der Waals surface area (Å²) in [6, 6.07) is 12.2. The fourth-order valence-electron chi connectivity index (χ4n) is 3.40. The maximum absolute atomic E-state index is 5.82. The molecule has 2 radical (unpaired) electrons. The summed E-state index contributed by atoms with van der Waals surface area (Å²) in [4.78, 5) is 11.0. The van der Waals surface area contributed by atoms with Gasteiger partial charge in [-0.3, -0.25) is 0 Å². The zero-order valence-electron chi connectivity index (χ0n) is 15.5. The summed E-state index contributed by atoms with van der Waals surface area (Å²) >= 11 is 0. The third-order valence-corrected chi connectivity index (χ3v) is 4.77. The Morgan fingerprint density at radius 2 is 1.89 bits per heavy atom. The minimum atomic E-state index is 0.195. The second-order valence-electron chi connectivity index (χ2n) is 6.77. The summed E-state index contributed by atoms with van der Waals surface area (Å²) in [5.74, 6) is 1.99. The minimum Gasteiger partial charge on any atom is -0.378 e. The molecule has 9 heteroatoms. The van der Waals surface area contributed by atoms with E-state index in [0.29, 0.717) is 24.8 Å². The molecule has 28 heavy (non-hydrogen) atoms. The Balaban J connectivity index is 1.59. The fourth-order valence-corrected chi connectivity index (χ4v) is 3.40. The molecule has 0 amide bonds. The van der Waals surface area contributed by atoms with Crippen LogP contribution in [0, 0.1) is 6.92 Å². The second-order valence-corrected chi connectivity index (χ2v) is 6.77. The van der Waals surface area contributed by atoms with Crippen molar-refractivity contribution in [3.05, 3.63) is 48.2 Å². The van der Waals surface area contributed by atoms with Gasteiger partial charge in [-0.05, 0) is 19.1 Å². The van der Waals surface area contributed by atoms with Gasteiger partial charge in [0.2, 0.25) is 0 Å². The first kappa shape index (κ1) is 16.9. The number of aryl methyl sites for hydroxylation is 1. The predicted molar refractivity (Wildman–Crippen MR) is 106 cm³/mol. The predicted octanol–water partition coefficient (Wildman–Crippen LogP) is 0.916. The molecular formula is C19H18BN7O. The van der Waals surface area contributed by atoms with Crippen molar-refractivity contribution in [3.63, 3.8) is 0 Å². The lowest BCUT2D eigenvalue weighted by Crippen LogP contribution is -2.37. The zero-order valence-corrected chi connectivity index (χ0v) is 15.5. The van der Waals surface area contributed by atoms with Gasteiger partial charge in [0.15, 0.2) is 13.7 Å². The van der Waals surface area contributed by atoms with Gasteiger partial charge in [-0.2, -0.15) is 19.7 Å². The van der Waals surface area contributed by atoms with E-state index in [9.17, 15) is 0 Å². The van der Waals surface area contributed by atoms with E-state index in [1.165, 1.54) is 5.56 Å². The van der Waals surface area contributed by atoms with Crippen molar-refractivity contribution in [1.82, 2.24) is 29.4 Å². The first-order valence-corrected chi connectivity index (χ1v) is 9.16. The van der Waals surface area contributed by atoms with E-state index >= 15 is 0 Å². The van der Waals surface area contributed by atoms with Crippen molar-refractivity contribution in [3.8, 4) is 17.1 Å². The summed E-state index contributed by atoms with van der Waals surface area (Å²) < 4.78 is 8.90. The molecule has 0 unspecified atom stereocenters. The highest BCUT2D eigenvalue weighted by Crippen LogP contribution is 2.22. The van der Waals surface area contributed by atoms with Crippen LogP contribution in [-0.2, 0) is 4.74 Å². The minimum absolute atomic E-state index is 0.195. The molecule has 3 aromatic heterocycles. The lowest BCUT2D eigenvalue weighted by molar-refractivity contribution is 0.122. The molecule has 0 saturated carbocycles. The van der Waals surface area contributed by atoms with Crippen LogP contribution in [0.2, 0.25) is 0 Å². The standard InChI is InChI=1S/C19H18BN7O/c1-13-3-2-4-14(11-13)15-5-6-26(23-15)16-12-17(25-7-9-28-10-8-25)27-19(21-16)22-18(20)24-27/h2-6,11-12H,7-10H2,1H3. The Morgan fingerprint density at radius 1 is 1.04 bits per heavy atom. The molecule has 1 aliphatic heterocycles. The van der Waals surface area contributed by atoms with Crippen LogP contribution in [0.4, 0.5) is 5.82 Å². The van der Waals surface area contributed by atoms with Crippen molar-refractivity contribution >= 4 is 25.2 Å². The van der Waals surface area contributed by atoms with Crippen LogP contribution >= 0.6 is 0 Å². The number of hydrogen-bond donors (Lipinski definition) is 0. The Bertz CT molecular complexity index is 1150. The van der Waals surface area contributed by atoms with Crippen LogP contribution < -0.4 is 10.6 Å². The molecule has 4 aromatic rings. The van der Waals surface area contributed by atoms with Crippen LogP contribution in [0.15, 0.2) is 42.6 Å². The fraction of sp³-hybridized carbons (Fsp3) is 0.263. The van der Waals surface area contributed by atoms with Crippen LogP contribution in [0.3, 0.4) is 0 Å². The van der Waals surface area contributed by atoms with Gasteiger partial charge in [0.25, 0.3) is 5.78 Å². The Hall–Kier alpha value is -3.20. The second kappa shape index (κ2) is 6.76. The highest BCUT2D eigenvalue weighted by atomic mass is 16.5. The molecule has 4 heterocycles. The molecular weight excluding hydrogens is 353 g/mol. The third kappa shape index (κ3) is 3.03. The lowest BCUT2D eigenvalue weighted by atomic mass is 10.1. The highest BCUT2D eigenvalue weighted by Gasteiger charge is 2.19. The summed E-state index contributed by atoms with van der Waals surface area (Å²) in [5.41, 5.74) is 3.35. The smallest absolute Gasteiger partial charge is 0.255 e. The summed E-state index contributed by atoms with van der Waals surface area (Å²) in [6.45, 7) is 4.95. The first-order chi connectivity index (χ1) is 13.7. The van der Waals surface area contributed by atoms with E-state index in [4.69, 9.17) is 17.7 Å². The van der Waals surface area contributed by atoms with Crippen LogP contribution in [0.25, 0.3) is 22.9 Å². The average molecular weight is 371 g/mol. The Labute approximate surface area is 163 Å². The van der Waals surface area contributed by atoms with E-state index in [2.05, 4.69) is 45.1 Å². The molecule has 1 fully saturated rings. The van der Waals surface area contributed by atoms with Crippen LogP contribution in [-0.4, -0.2) is 63.5 Å². The van der Waals surface area contributed by atoms with E-state index in [1.54, 1.807) is 9.20 Å². The number of morpholine rings is 1. The van der Waals surface area contributed by atoms with Gasteiger partial charge in [-0.15, -0.1) is 0 Å². The van der Waals surface area contributed by atoms with E-state index in [-0.39, 0.29) is 5.72 Å². The molecule has 5 rings (SSSR count). The van der Waals surface area contributed by atoms with Crippen molar-refractivity contribution in [1.29, 1.82) is 0 Å². The molecule has 1 aliphatic rings. The van der Waals surface area contributed by atoms with Crippen LogP contribution in [0.5, 0.6) is 0 Å². The van der Waals surface area contributed by atoms with Gasteiger partial charge < -0.3 is 9.64 Å². The number of hydrogen-bond acceptors (Lipinski definition) is 6. The SMILES string of the molecule is [B]c1nc2nc(-n3ccc(-c4cccc(C)c4)n3)cc(N3CCOCC3)n2n1. The quantitative estimate of drug-likeness (QED) is 0.499. The molecule has 8 nitrogen and oxygen atoms in total. The average Bonchev–Trinajstić information content (AvgIpc) is 3.34. The molecule has 0 bridgehead atoms. The number of aromatic nitrogens is 6.